The zero-order valence-corrected chi connectivity index (χ0v) is 52.3. The number of rotatable bonds is 32. The van der Waals surface area contributed by atoms with Crippen molar-refractivity contribution in [2.75, 3.05) is 26.8 Å². The molecule has 0 spiro atoms. The highest BCUT2D eigenvalue weighted by molar-refractivity contribution is 5.99. The molecule has 88 heavy (non-hydrogen) atoms. The number of aliphatic hydroxyl groups excluding tert-OH is 2. The molecular formula is C58H95N15O15. The molecule has 0 bridgehead atoms. The number of nitrogens with one attached hydrogen (secondary N) is 12. The Morgan fingerprint density at radius 2 is 1.11 bits per heavy atom. The number of nitrogens with zero attached hydrogens (tertiary/aromatic N) is 1. The highest BCUT2D eigenvalue weighted by atomic mass is 16.5. The third-order valence-electron chi connectivity index (χ3n) is 16.1. The van der Waals surface area contributed by atoms with Crippen LogP contribution in [0.25, 0.3) is 0 Å². The van der Waals surface area contributed by atoms with E-state index in [1.165, 1.54) is 13.8 Å². The summed E-state index contributed by atoms with van der Waals surface area (Å²) in [6.45, 7) is 14.3. The second kappa shape index (κ2) is 36.4. The van der Waals surface area contributed by atoms with E-state index in [2.05, 4.69) is 68.8 Å². The lowest BCUT2D eigenvalue weighted by Gasteiger charge is -2.31. The molecule has 30 heteroatoms. The van der Waals surface area contributed by atoms with Gasteiger partial charge in [0.15, 0.2) is 5.96 Å². The number of hydrogen-bond donors (Lipinski definition) is 16. The van der Waals surface area contributed by atoms with Crippen LogP contribution in [0, 0.1) is 23.7 Å². The highest BCUT2D eigenvalue weighted by Crippen LogP contribution is 2.18. The second-order valence-electron chi connectivity index (χ2n) is 22.8. The molecule has 3 rings (SSSR count). The molecule has 492 valence electrons. The summed E-state index contributed by atoms with van der Waals surface area (Å²) in [7, 11) is 1.60. The maximum Gasteiger partial charge on any atom is 0.329 e. The van der Waals surface area contributed by atoms with Gasteiger partial charge in [-0.3, -0.25) is 57.7 Å². The second-order valence-corrected chi connectivity index (χ2v) is 22.8. The molecule has 17 atom stereocenters. The topological polar surface area (TPSA) is 463 Å². The quantitative estimate of drug-likeness (QED) is 0.0304. The number of guanidine groups is 1. The summed E-state index contributed by atoms with van der Waals surface area (Å²) in [6, 6.07) is -6.85. The molecule has 2 aliphatic rings. The number of likely N-dealkylation sites (N-methyl/N-ethyl adjacent to an activating group) is 1. The predicted molar refractivity (Wildman–Crippen MR) is 322 cm³/mol. The van der Waals surface area contributed by atoms with E-state index in [0.29, 0.717) is 19.3 Å². The molecule has 0 aromatic heterocycles. The van der Waals surface area contributed by atoms with E-state index in [-0.39, 0.29) is 31.8 Å². The number of primary amides is 1. The highest BCUT2D eigenvalue weighted by Gasteiger charge is 2.41. The Morgan fingerprint density at radius 3 is 1.59 bits per heavy atom. The van der Waals surface area contributed by atoms with Crippen LogP contribution in [0.5, 0.6) is 0 Å². The molecule has 2 heterocycles. The Hall–Kier alpha value is -7.99. The van der Waals surface area contributed by atoms with Crippen LogP contribution in [0.3, 0.4) is 0 Å². The first-order chi connectivity index (χ1) is 41.6. The van der Waals surface area contributed by atoms with Crippen molar-refractivity contribution in [3.8, 4) is 0 Å². The minimum Gasteiger partial charge on any atom is -0.458 e. The van der Waals surface area contributed by atoms with Crippen molar-refractivity contribution in [1.29, 1.82) is 0 Å². The van der Waals surface area contributed by atoms with E-state index >= 15 is 0 Å². The number of cyclic esters (lactones) is 1. The van der Waals surface area contributed by atoms with Gasteiger partial charge < -0.3 is 90.2 Å². The summed E-state index contributed by atoms with van der Waals surface area (Å²) in [5, 5.41) is 52.3. The van der Waals surface area contributed by atoms with Crippen molar-refractivity contribution in [3.05, 3.63) is 35.9 Å². The fraction of sp³-hybridized carbons (Fsp3) is 0.672. The van der Waals surface area contributed by atoms with E-state index in [1.54, 1.807) is 62.4 Å². The monoisotopic (exact) mass is 1240 g/mol. The van der Waals surface area contributed by atoms with Crippen molar-refractivity contribution in [3.63, 3.8) is 0 Å². The van der Waals surface area contributed by atoms with E-state index in [9.17, 15) is 67.7 Å². The summed E-state index contributed by atoms with van der Waals surface area (Å²) in [5.74, 6) is -13.1. The van der Waals surface area contributed by atoms with Crippen molar-refractivity contribution < 1.29 is 72.5 Å². The van der Waals surface area contributed by atoms with Crippen LogP contribution >= 0.6 is 0 Å². The molecule has 1 saturated heterocycles. The number of benzene rings is 1. The van der Waals surface area contributed by atoms with E-state index in [1.807, 2.05) is 30.3 Å². The lowest BCUT2D eigenvalue weighted by molar-refractivity contribution is -0.157. The Kier molecular flexibility index (Phi) is 30.7. The first-order valence-electron chi connectivity index (χ1n) is 30.1. The average Bonchev–Trinajstić information content (AvgIpc) is 4.12. The number of aliphatic hydroxyl groups is 2. The van der Waals surface area contributed by atoms with Gasteiger partial charge in [0, 0.05) is 6.42 Å². The standard InChI is InChI=1S/C58H95N15O15/c1-12-28(5)42(70-49(79)37(61-11)23-34-19-17-16-18-20-34)53(83)67-39(26-74)51(81)65-36(21-22-41(59)76)48(78)69-44(30(7)14-3)55(85)71-43(29(6)13-2)54(84)68-40(27-75)52(82)73-46-33(10)88-57(87)45(31(8)15-4)72-50(80)38(24-35-25-62-58(60)64-35)66-47(77)32(9)63-56(46)86/h16-20,28-33,35-40,42-46,61,74-75H,12-15,21-27H2,1-11H3,(H2,59,76)(H,63,86)(H,65,81)(H,66,77)(H,67,83)(H,68,84)(H,69,78)(H,70,79)(H,71,85)(H,72,80)(H,73,82)(H3,60,62,64)/t28-,29-,30-,31-,32-,33-,35-,36+,37+,38-,39-,40-,42-,43-,44+,45+,46+/m0/s1. The summed E-state index contributed by atoms with van der Waals surface area (Å²) in [6.07, 6.45) is -0.755. The maximum atomic E-state index is 14.4. The van der Waals surface area contributed by atoms with Gasteiger partial charge in [-0.1, -0.05) is 111 Å². The van der Waals surface area contributed by atoms with Gasteiger partial charge in [0.25, 0.3) is 0 Å². The largest absolute Gasteiger partial charge is 0.458 e. The predicted octanol–water partition coefficient (Wildman–Crippen LogP) is -4.26. The van der Waals surface area contributed by atoms with Gasteiger partial charge in [0.05, 0.1) is 31.8 Å². The van der Waals surface area contributed by atoms with E-state index < -0.39 is 199 Å². The maximum absolute atomic E-state index is 14.4. The summed E-state index contributed by atoms with van der Waals surface area (Å²) < 4.78 is 5.73. The lowest BCUT2D eigenvalue weighted by atomic mass is 9.94. The Bertz CT molecular complexity index is 2610. The number of hydrogen-bond acceptors (Lipinski definition) is 19. The van der Waals surface area contributed by atoms with E-state index in [0.717, 1.165) is 5.56 Å². The molecule has 2 aliphatic heterocycles. The Balaban J connectivity index is 1.85. The molecular weight excluding hydrogens is 1150 g/mol. The van der Waals surface area contributed by atoms with Crippen LogP contribution < -0.4 is 75.3 Å². The molecule has 0 radical (unpaired) electrons. The number of carbonyl (C=O) groups is 12. The van der Waals surface area contributed by atoms with Gasteiger partial charge in [-0.2, -0.15) is 0 Å². The number of aliphatic imine (C=N–C) groups is 1. The molecule has 11 amide bonds. The Labute approximate surface area is 513 Å². The van der Waals surface area contributed by atoms with Gasteiger partial charge in [0.2, 0.25) is 65.0 Å². The van der Waals surface area contributed by atoms with Gasteiger partial charge in [-0.05, 0) is 69.4 Å². The number of esters is 1. The molecule has 0 aliphatic carbocycles. The molecule has 18 N–H and O–H groups in total. The number of ether oxygens (including phenoxy) is 1. The average molecular weight is 1240 g/mol. The minimum absolute atomic E-state index is 0.0104. The summed E-state index contributed by atoms with van der Waals surface area (Å²) >= 11 is 0. The third kappa shape index (κ3) is 22.3. The molecule has 0 unspecified atom stereocenters. The lowest BCUT2D eigenvalue weighted by Crippen LogP contribution is -2.63. The molecule has 1 fully saturated rings. The fourth-order valence-corrected chi connectivity index (χ4v) is 9.49. The number of carbonyl (C=O) groups excluding carboxylic acids is 12. The van der Waals surface area contributed by atoms with Crippen LogP contribution in [0.1, 0.15) is 120 Å². The SMILES string of the molecule is CC[C@H](C)[C@H](NC(=O)[C@@H](Cc1ccccc1)NC)C(=O)N[C@@H](CO)C(=O)N[C@H](CCC(N)=O)C(=O)N[C@@H](C(=O)N[C@H](C(=O)N[C@@H](CO)C(=O)N[C@H]1C(=O)N[C@@H](C)C(=O)N[C@@H](C[C@H]2CN=C(N)N2)C(=O)N[C@H]([C@@H](C)CC)C(=O)O[C@H]1C)[C@@H](C)CC)[C@@H](C)CC. The Morgan fingerprint density at radius 1 is 0.625 bits per heavy atom. The van der Waals surface area contributed by atoms with Crippen LogP contribution in [-0.2, 0) is 68.7 Å². The van der Waals surface area contributed by atoms with Crippen LogP contribution in [0.2, 0.25) is 0 Å². The van der Waals surface area contributed by atoms with Gasteiger partial charge in [-0.25, -0.2) is 4.79 Å². The van der Waals surface area contributed by atoms with Crippen molar-refractivity contribution in [1.82, 2.24) is 63.8 Å². The zero-order chi connectivity index (χ0) is 66.1. The normalized spacial score (nSPS) is 22.7. The molecule has 1 aromatic carbocycles. The number of amides is 11. The van der Waals surface area contributed by atoms with Crippen molar-refractivity contribution >= 4 is 76.9 Å². The van der Waals surface area contributed by atoms with Crippen LogP contribution in [0.4, 0.5) is 0 Å². The third-order valence-corrected chi connectivity index (χ3v) is 16.1. The van der Waals surface area contributed by atoms with Crippen molar-refractivity contribution in [2.24, 2.45) is 40.1 Å². The van der Waals surface area contributed by atoms with E-state index in [4.69, 9.17) is 16.2 Å². The van der Waals surface area contributed by atoms with Gasteiger partial charge in [0.1, 0.15) is 66.5 Å². The van der Waals surface area contributed by atoms with Crippen LogP contribution in [-0.4, -0.2) is 193 Å². The zero-order valence-electron chi connectivity index (χ0n) is 52.3. The van der Waals surface area contributed by atoms with Crippen LogP contribution in [0.15, 0.2) is 35.3 Å². The molecule has 1 aromatic rings. The van der Waals surface area contributed by atoms with Gasteiger partial charge in [-0.15, -0.1) is 0 Å². The number of nitrogens with two attached hydrogens (primary N) is 2. The van der Waals surface area contributed by atoms with Gasteiger partial charge >= 0.3 is 5.97 Å². The first-order valence-corrected chi connectivity index (χ1v) is 30.1. The smallest absolute Gasteiger partial charge is 0.329 e. The fourth-order valence-electron chi connectivity index (χ4n) is 9.49. The summed E-state index contributed by atoms with van der Waals surface area (Å²) in [4.78, 5) is 170. The minimum atomic E-state index is -1.82. The first kappa shape index (κ1) is 74.3. The summed E-state index contributed by atoms with van der Waals surface area (Å²) in [5.41, 5.74) is 12.1. The molecule has 0 saturated carbocycles. The molecule has 30 nitrogen and oxygen atoms in total. The van der Waals surface area contributed by atoms with Crippen molar-refractivity contribution in [2.45, 2.75) is 199 Å².